The first kappa shape index (κ1) is 23.4. The molecule has 8 heteroatoms. The molecule has 0 radical (unpaired) electrons. The van der Waals surface area contributed by atoms with Crippen LogP contribution >= 0.6 is 0 Å². The number of nitrogen functional groups attached to an aromatic ring is 1. The summed E-state index contributed by atoms with van der Waals surface area (Å²) in [6.07, 6.45) is 3.19. The first-order chi connectivity index (χ1) is 15.7. The third kappa shape index (κ3) is 5.42. The van der Waals surface area contributed by atoms with Crippen molar-refractivity contribution in [2.24, 2.45) is 5.92 Å². The highest BCUT2D eigenvalue weighted by atomic mass is 19.4. The Bertz CT molecular complexity index is 988. The molecule has 33 heavy (non-hydrogen) atoms. The van der Waals surface area contributed by atoms with Crippen LogP contribution in [0.25, 0.3) is 0 Å². The molecule has 1 atom stereocenters. The molecule has 1 aromatic carbocycles. The number of rotatable bonds is 5. The van der Waals surface area contributed by atoms with Crippen molar-refractivity contribution in [1.29, 1.82) is 0 Å². The predicted molar refractivity (Wildman–Crippen MR) is 122 cm³/mol. The zero-order valence-electron chi connectivity index (χ0n) is 18.9. The average molecular weight is 461 g/mol. The summed E-state index contributed by atoms with van der Waals surface area (Å²) >= 11 is 0. The average Bonchev–Trinajstić information content (AvgIpc) is 3.23. The Hall–Kier alpha value is -2.77. The molecule has 0 spiro atoms. The van der Waals surface area contributed by atoms with Crippen LogP contribution in [0.2, 0.25) is 0 Å². The zero-order chi connectivity index (χ0) is 23.6. The predicted octanol–water partition coefficient (Wildman–Crippen LogP) is 5.22. The van der Waals surface area contributed by atoms with Crippen molar-refractivity contribution < 1.29 is 18.0 Å². The van der Waals surface area contributed by atoms with E-state index < -0.39 is 12.1 Å². The SMILES string of the molecule is Cc1cccc2c1CN(C(=O)C(F)(F)F)C[C@H](CCC1CCCC1)N2Cc1cc(N)ccn1. The Morgan fingerprint density at radius 1 is 1.18 bits per heavy atom. The smallest absolute Gasteiger partial charge is 0.399 e. The van der Waals surface area contributed by atoms with E-state index >= 15 is 0 Å². The topological polar surface area (TPSA) is 62.5 Å². The van der Waals surface area contributed by atoms with E-state index in [1.807, 2.05) is 25.1 Å². The molecule has 1 amide bonds. The maximum Gasteiger partial charge on any atom is 0.471 e. The maximum absolute atomic E-state index is 13.5. The van der Waals surface area contributed by atoms with Gasteiger partial charge in [0.25, 0.3) is 0 Å². The number of hydrogen-bond donors (Lipinski definition) is 1. The quantitative estimate of drug-likeness (QED) is 0.664. The molecule has 2 N–H and O–H groups in total. The summed E-state index contributed by atoms with van der Waals surface area (Å²) in [5.41, 5.74) is 9.80. The molecule has 1 aromatic heterocycles. The summed E-state index contributed by atoms with van der Waals surface area (Å²) in [6, 6.07) is 9.01. The first-order valence-corrected chi connectivity index (χ1v) is 11.6. The molecule has 0 unspecified atom stereocenters. The number of aryl methyl sites for hydroxylation is 1. The lowest BCUT2D eigenvalue weighted by molar-refractivity contribution is -0.186. The molecular formula is C25H31F3N4O. The molecule has 0 saturated heterocycles. The van der Waals surface area contributed by atoms with E-state index in [1.54, 1.807) is 18.3 Å². The van der Waals surface area contributed by atoms with E-state index in [0.717, 1.165) is 40.2 Å². The van der Waals surface area contributed by atoms with Crippen LogP contribution in [-0.2, 0) is 17.9 Å². The Morgan fingerprint density at radius 2 is 1.94 bits per heavy atom. The van der Waals surface area contributed by atoms with Gasteiger partial charge in [-0.1, -0.05) is 37.8 Å². The number of carbonyl (C=O) groups is 1. The second kappa shape index (κ2) is 9.61. The van der Waals surface area contributed by atoms with Gasteiger partial charge in [0, 0.05) is 36.7 Å². The normalized spacial score (nSPS) is 19.5. The fourth-order valence-corrected chi connectivity index (χ4v) is 5.25. The Kier molecular flexibility index (Phi) is 6.81. The minimum Gasteiger partial charge on any atom is -0.399 e. The molecule has 2 aromatic rings. The first-order valence-electron chi connectivity index (χ1n) is 11.6. The summed E-state index contributed by atoms with van der Waals surface area (Å²) in [4.78, 5) is 19.9. The molecule has 0 bridgehead atoms. The zero-order valence-corrected chi connectivity index (χ0v) is 18.9. The van der Waals surface area contributed by atoms with E-state index in [9.17, 15) is 18.0 Å². The van der Waals surface area contributed by atoms with Crippen LogP contribution in [0.4, 0.5) is 24.5 Å². The van der Waals surface area contributed by atoms with Gasteiger partial charge < -0.3 is 15.5 Å². The highest BCUT2D eigenvalue weighted by Crippen LogP contribution is 2.36. The lowest BCUT2D eigenvalue weighted by Gasteiger charge is -2.35. The van der Waals surface area contributed by atoms with Gasteiger partial charge in [0.05, 0.1) is 12.2 Å². The van der Waals surface area contributed by atoms with Gasteiger partial charge in [-0.15, -0.1) is 0 Å². The molecule has 5 nitrogen and oxygen atoms in total. The standard InChI is InChI=1S/C25H31F3N4O/c1-17-5-4-8-23-22(17)16-31(24(33)25(26,27)28)15-21(10-9-18-6-2-3-7-18)32(23)14-20-13-19(29)11-12-30-20/h4-5,8,11-13,18,21H,2-3,6-7,9-10,14-16H2,1H3,(H2,29,30)/t21-/m0/s1. The number of aromatic nitrogens is 1. The van der Waals surface area contributed by atoms with Crippen LogP contribution in [0.1, 0.15) is 55.3 Å². The molecule has 1 aliphatic heterocycles. The van der Waals surface area contributed by atoms with Crippen LogP contribution in [-0.4, -0.2) is 34.6 Å². The second-order valence-corrected chi connectivity index (χ2v) is 9.35. The van der Waals surface area contributed by atoms with Crippen LogP contribution < -0.4 is 10.6 Å². The Morgan fingerprint density at radius 3 is 2.64 bits per heavy atom. The fourth-order valence-electron chi connectivity index (χ4n) is 5.25. The molecular weight excluding hydrogens is 429 g/mol. The summed E-state index contributed by atoms with van der Waals surface area (Å²) in [6.45, 7) is 2.28. The van der Waals surface area contributed by atoms with Gasteiger partial charge in [0.2, 0.25) is 0 Å². The number of nitrogens with two attached hydrogens (primary N) is 1. The van der Waals surface area contributed by atoms with E-state index in [-0.39, 0.29) is 19.1 Å². The summed E-state index contributed by atoms with van der Waals surface area (Å²) in [5, 5.41) is 0. The van der Waals surface area contributed by atoms with Gasteiger partial charge >= 0.3 is 12.1 Å². The fraction of sp³-hybridized carbons (Fsp3) is 0.520. The Balaban J connectivity index is 1.72. The van der Waals surface area contributed by atoms with Gasteiger partial charge in [0.1, 0.15) is 0 Å². The van der Waals surface area contributed by atoms with Crippen molar-refractivity contribution in [2.45, 2.75) is 70.8 Å². The van der Waals surface area contributed by atoms with Crippen molar-refractivity contribution in [3.05, 3.63) is 53.3 Å². The van der Waals surface area contributed by atoms with Gasteiger partial charge in [-0.25, -0.2) is 0 Å². The molecule has 1 aliphatic carbocycles. The summed E-state index contributed by atoms with van der Waals surface area (Å²) in [7, 11) is 0. The summed E-state index contributed by atoms with van der Waals surface area (Å²) in [5.74, 6) is -1.17. The van der Waals surface area contributed by atoms with E-state index in [1.165, 1.54) is 25.7 Å². The molecule has 2 heterocycles. The number of pyridine rings is 1. The monoisotopic (exact) mass is 460 g/mol. The number of benzene rings is 1. The molecule has 178 valence electrons. The summed E-state index contributed by atoms with van der Waals surface area (Å²) < 4.78 is 40.4. The van der Waals surface area contributed by atoms with Crippen LogP contribution in [0.3, 0.4) is 0 Å². The van der Waals surface area contributed by atoms with Crippen molar-refractivity contribution in [2.75, 3.05) is 17.2 Å². The number of hydrogen-bond acceptors (Lipinski definition) is 4. The third-order valence-electron chi connectivity index (χ3n) is 7.00. The molecule has 4 rings (SSSR count). The lowest BCUT2D eigenvalue weighted by Crippen LogP contribution is -2.47. The maximum atomic E-state index is 13.5. The number of amides is 1. The van der Waals surface area contributed by atoms with Crippen LogP contribution in [0, 0.1) is 12.8 Å². The van der Waals surface area contributed by atoms with Crippen molar-refractivity contribution in [3.8, 4) is 0 Å². The number of anilines is 2. The minimum atomic E-state index is -4.90. The number of nitrogens with zero attached hydrogens (tertiary/aromatic N) is 3. The number of carbonyl (C=O) groups excluding carboxylic acids is 1. The van der Waals surface area contributed by atoms with Gasteiger partial charge in [-0.3, -0.25) is 9.78 Å². The number of alkyl halides is 3. The molecule has 1 saturated carbocycles. The van der Waals surface area contributed by atoms with Crippen molar-refractivity contribution in [3.63, 3.8) is 0 Å². The van der Waals surface area contributed by atoms with Gasteiger partial charge in [-0.2, -0.15) is 13.2 Å². The second-order valence-electron chi connectivity index (χ2n) is 9.35. The highest BCUT2D eigenvalue weighted by molar-refractivity contribution is 5.82. The molecule has 1 fully saturated rings. The largest absolute Gasteiger partial charge is 0.471 e. The van der Waals surface area contributed by atoms with Gasteiger partial charge in [-0.05, 0) is 55.0 Å². The van der Waals surface area contributed by atoms with Crippen molar-refractivity contribution >= 4 is 17.3 Å². The van der Waals surface area contributed by atoms with Gasteiger partial charge in [0.15, 0.2) is 0 Å². The number of halogens is 3. The van der Waals surface area contributed by atoms with E-state index in [0.29, 0.717) is 18.2 Å². The van der Waals surface area contributed by atoms with E-state index in [2.05, 4.69) is 9.88 Å². The third-order valence-corrected chi connectivity index (χ3v) is 7.00. The minimum absolute atomic E-state index is 0.0293. The number of fused-ring (bicyclic) bond motifs is 1. The van der Waals surface area contributed by atoms with Crippen molar-refractivity contribution in [1.82, 2.24) is 9.88 Å². The highest BCUT2D eigenvalue weighted by Gasteiger charge is 2.44. The molecule has 2 aliphatic rings. The van der Waals surface area contributed by atoms with Crippen LogP contribution in [0.5, 0.6) is 0 Å². The lowest BCUT2D eigenvalue weighted by atomic mass is 9.97. The van der Waals surface area contributed by atoms with Crippen LogP contribution in [0.15, 0.2) is 36.5 Å². The van der Waals surface area contributed by atoms with E-state index in [4.69, 9.17) is 5.73 Å². The Labute approximate surface area is 192 Å².